The van der Waals surface area contributed by atoms with Crippen LogP contribution >= 0.6 is 0 Å². The van der Waals surface area contributed by atoms with E-state index in [1.54, 1.807) is 33.1 Å². The Morgan fingerprint density at radius 2 is 1.59 bits per heavy atom. The largest absolute Gasteiger partial charge is 0.496 e. The first-order valence-corrected chi connectivity index (χ1v) is 14.2. The highest BCUT2D eigenvalue weighted by Crippen LogP contribution is 2.41. The molecule has 0 spiro atoms. The fraction of sp³-hybridized carbons (Fsp3) is 0.310. The third-order valence-electron chi connectivity index (χ3n) is 5.64. The Hall–Kier alpha value is -3.89. The topological polar surface area (TPSA) is 130 Å². The van der Waals surface area contributed by atoms with Crippen molar-refractivity contribution in [1.29, 1.82) is 0 Å². The summed E-state index contributed by atoms with van der Waals surface area (Å²) in [4.78, 5) is 26.4. The summed E-state index contributed by atoms with van der Waals surface area (Å²) in [6.07, 6.45) is 2.40. The van der Waals surface area contributed by atoms with Gasteiger partial charge in [-0.15, -0.1) is 0 Å². The quantitative estimate of drug-likeness (QED) is 0.336. The zero-order valence-corrected chi connectivity index (χ0v) is 24.0. The molecule has 0 saturated heterocycles. The highest BCUT2D eigenvalue weighted by molar-refractivity contribution is 7.92. The average molecular weight is 554 g/mol. The Morgan fingerprint density at radius 1 is 0.974 bits per heavy atom. The van der Waals surface area contributed by atoms with Gasteiger partial charge in [0.15, 0.2) is 0 Å². The van der Waals surface area contributed by atoms with Crippen molar-refractivity contribution < 1.29 is 18.3 Å². The maximum atomic E-state index is 12.5. The fourth-order valence-electron chi connectivity index (χ4n) is 4.06. The number of H-pyrrole nitrogens is 1. The van der Waals surface area contributed by atoms with Crippen LogP contribution in [0.3, 0.4) is 0 Å². The number of sulfonamides is 1. The van der Waals surface area contributed by atoms with Gasteiger partial charge in [0.25, 0.3) is 5.56 Å². The van der Waals surface area contributed by atoms with Crippen LogP contribution in [-0.4, -0.2) is 42.5 Å². The van der Waals surface area contributed by atoms with Gasteiger partial charge in [-0.1, -0.05) is 39.0 Å². The average Bonchev–Trinajstić information content (AvgIpc) is 2.81. The van der Waals surface area contributed by atoms with E-state index in [0.717, 1.165) is 33.7 Å². The number of benzene rings is 3. The van der Waals surface area contributed by atoms with Gasteiger partial charge in [0.2, 0.25) is 10.0 Å². The molecule has 0 atom stereocenters. The molecule has 0 amide bonds. The number of nitrogens with zero attached hydrogens (tertiary/aromatic N) is 1. The predicted molar refractivity (Wildman–Crippen MR) is 157 cm³/mol. The molecule has 0 bridgehead atoms. The van der Waals surface area contributed by atoms with Gasteiger partial charge in [-0.25, -0.2) is 13.2 Å². The van der Waals surface area contributed by atoms with Crippen molar-refractivity contribution in [3.8, 4) is 22.6 Å². The van der Waals surface area contributed by atoms with Crippen LogP contribution in [0, 0.1) is 0 Å². The Morgan fingerprint density at radius 3 is 2.15 bits per heavy atom. The lowest BCUT2D eigenvalue weighted by Crippen LogP contribution is -2.27. The van der Waals surface area contributed by atoms with Crippen LogP contribution in [0.2, 0.25) is 0 Å². The number of methoxy groups -OCH3 is 1. The van der Waals surface area contributed by atoms with Crippen molar-refractivity contribution in [1.82, 2.24) is 9.55 Å². The second-order valence-corrected chi connectivity index (χ2v) is 12.3. The summed E-state index contributed by atoms with van der Waals surface area (Å²) in [7, 11) is -1.76. The summed E-state index contributed by atoms with van der Waals surface area (Å²) in [5.74, 6) is 0.688. The van der Waals surface area contributed by atoms with Crippen LogP contribution in [0.4, 0.5) is 5.69 Å². The summed E-state index contributed by atoms with van der Waals surface area (Å²) < 4.78 is 32.9. The minimum Gasteiger partial charge on any atom is -0.496 e. The van der Waals surface area contributed by atoms with Gasteiger partial charge in [-0.05, 0) is 65.9 Å². The zero-order valence-electron chi connectivity index (χ0n) is 23.2. The molecule has 0 aliphatic heterocycles. The summed E-state index contributed by atoms with van der Waals surface area (Å²) in [6, 6.07) is 16.2. The van der Waals surface area contributed by atoms with E-state index in [4.69, 9.17) is 9.84 Å². The molecule has 39 heavy (non-hydrogen) atoms. The molecule has 9 nitrogen and oxygen atoms in total. The van der Waals surface area contributed by atoms with Gasteiger partial charge in [-0.3, -0.25) is 19.1 Å². The first-order chi connectivity index (χ1) is 18.1. The standard InChI is InChI=1S/C26H27N3O5S.C3H8O/c1-26(2,3)22-15-20(29-11-10-23(30)27-25(29)31)14-21(24(22)34-4)18-7-6-17-13-19(28-35(5,32)33)9-8-16(17)12-18;1-3(2)4/h6-15,28H,1-5H3,(H,27,30,31);3-4H,1-2H3. The molecule has 0 unspecified atom stereocenters. The molecule has 1 heterocycles. The van der Waals surface area contributed by atoms with E-state index in [-0.39, 0.29) is 11.5 Å². The van der Waals surface area contributed by atoms with Crippen LogP contribution in [-0.2, 0) is 15.4 Å². The highest BCUT2D eigenvalue weighted by atomic mass is 32.2. The molecular weight excluding hydrogens is 518 g/mol. The third-order valence-corrected chi connectivity index (χ3v) is 6.25. The van der Waals surface area contributed by atoms with Crippen molar-refractivity contribution in [2.24, 2.45) is 0 Å². The molecule has 10 heteroatoms. The van der Waals surface area contributed by atoms with Crippen molar-refractivity contribution in [3.63, 3.8) is 0 Å². The molecule has 4 aromatic rings. The molecular formula is C29H35N3O6S. The van der Waals surface area contributed by atoms with E-state index < -0.39 is 21.3 Å². The molecule has 3 N–H and O–H groups in total. The lowest BCUT2D eigenvalue weighted by atomic mass is 9.83. The summed E-state index contributed by atoms with van der Waals surface area (Å²) in [6.45, 7) is 9.63. The fourth-order valence-corrected chi connectivity index (χ4v) is 4.61. The summed E-state index contributed by atoms with van der Waals surface area (Å²) >= 11 is 0. The number of nitrogens with one attached hydrogen (secondary N) is 2. The smallest absolute Gasteiger partial charge is 0.332 e. The second-order valence-electron chi connectivity index (χ2n) is 10.5. The van der Waals surface area contributed by atoms with E-state index in [1.165, 1.54) is 16.8 Å². The van der Waals surface area contributed by atoms with E-state index in [2.05, 4.69) is 30.5 Å². The Balaban J connectivity index is 0.000000983. The van der Waals surface area contributed by atoms with Crippen molar-refractivity contribution in [2.75, 3.05) is 18.1 Å². The second kappa shape index (κ2) is 11.5. The van der Waals surface area contributed by atoms with E-state index in [9.17, 15) is 18.0 Å². The van der Waals surface area contributed by atoms with Crippen LogP contribution < -0.4 is 20.7 Å². The van der Waals surface area contributed by atoms with Gasteiger partial charge in [0.1, 0.15) is 5.75 Å². The van der Waals surface area contributed by atoms with Crippen LogP contribution in [0.25, 0.3) is 27.6 Å². The highest BCUT2D eigenvalue weighted by Gasteiger charge is 2.24. The van der Waals surface area contributed by atoms with Gasteiger partial charge in [0, 0.05) is 35.2 Å². The lowest BCUT2D eigenvalue weighted by molar-refractivity contribution is 0.216. The van der Waals surface area contributed by atoms with Crippen molar-refractivity contribution in [3.05, 3.63) is 87.2 Å². The number of hydrogen-bond donors (Lipinski definition) is 3. The van der Waals surface area contributed by atoms with E-state index in [0.29, 0.717) is 17.1 Å². The van der Waals surface area contributed by atoms with E-state index in [1.807, 2.05) is 36.4 Å². The van der Waals surface area contributed by atoms with Gasteiger partial charge >= 0.3 is 5.69 Å². The minimum absolute atomic E-state index is 0.167. The minimum atomic E-state index is -3.38. The molecule has 0 fully saturated rings. The monoisotopic (exact) mass is 553 g/mol. The summed E-state index contributed by atoms with van der Waals surface area (Å²) in [5, 5.41) is 9.83. The first-order valence-electron chi connectivity index (χ1n) is 12.3. The molecule has 0 saturated carbocycles. The maximum Gasteiger partial charge on any atom is 0.332 e. The van der Waals surface area contributed by atoms with Crippen LogP contribution in [0.15, 0.2) is 70.4 Å². The number of rotatable bonds is 5. The Kier molecular flexibility index (Phi) is 8.72. The number of aromatic nitrogens is 2. The number of anilines is 1. The third kappa shape index (κ3) is 7.58. The molecule has 0 radical (unpaired) electrons. The molecule has 3 aromatic carbocycles. The Labute approximate surface area is 228 Å². The zero-order chi connectivity index (χ0) is 29.1. The number of fused-ring (bicyclic) bond motifs is 1. The van der Waals surface area contributed by atoms with Gasteiger partial charge in [-0.2, -0.15) is 0 Å². The number of aliphatic hydroxyl groups is 1. The normalized spacial score (nSPS) is 11.7. The molecule has 1 aromatic heterocycles. The van der Waals surface area contributed by atoms with Crippen LogP contribution in [0.1, 0.15) is 40.2 Å². The SMILES string of the molecule is CC(C)O.COc1c(-c2ccc3cc(NS(C)(=O)=O)ccc3c2)cc(-n2ccc(=O)[nH]c2=O)cc1C(C)(C)C. The molecule has 0 aliphatic carbocycles. The number of aromatic amines is 1. The van der Waals surface area contributed by atoms with Crippen LogP contribution in [0.5, 0.6) is 5.75 Å². The van der Waals surface area contributed by atoms with E-state index >= 15 is 0 Å². The maximum absolute atomic E-state index is 12.5. The predicted octanol–water partition coefficient (Wildman–Crippen LogP) is 4.41. The lowest BCUT2D eigenvalue weighted by Gasteiger charge is -2.25. The van der Waals surface area contributed by atoms with Crippen molar-refractivity contribution >= 4 is 26.5 Å². The Bertz CT molecular complexity index is 1710. The van der Waals surface area contributed by atoms with Gasteiger partial charge < -0.3 is 9.84 Å². The van der Waals surface area contributed by atoms with Crippen molar-refractivity contribution in [2.45, 2.75) is 46.1 Å². The van der Waals surface area contributed by atoms with Gasteiger partial charge in [0.05, 0.1) is 19.1 Å². The summed E-state index contributed by atoms with van der Waals surface area (Å²) in [5.41, 5.74) is 2.34. The number of ether oxygens (including phenoxy) is 1. The first kappa shape index (κ1) is 29.7. The number of hydrogen-bond acceptors (Lipinski definition) is 6. The molecule has 0 aliphatic rings. The molecule has 208 valence electrons. The number of aliphatic hydroxyl groups excluding tert-OH is 1. The molecule has 4 rings (SSSR count).